The van der Waals surface area contributed by atoms with E-state index in [2.05, 4.69) is 10.3 Å². The van der Waals surface area contributed by atoms with E-state index in [0.29, 0.717) is 28.6 Å². The molecule has 1 spiro atoms. The van der Waals surface area contributed by atoms with Crippen molar-refractivity contribution in [1.29, 1.82) is 0 Å². The maximum absolute atomic E-state index is 13.4. The Balaban J connectivity index is 1.41. The lowest BCUT2D eigenvalue weighted by Gasteiger charge is -2.12. The molecule has 6 rings (SSSR count). The number of nitrogens with one attached hydrogen (secondary N) is 2. The number of H-pyrrole nitrogens is 1. The van der Waals surface area contributed by atoms with Gasteiger partial charge in [-0.15, -0.1) is 0 Å². The number of para-hydroxylation sites is 1. The molecule has 8 nitrogen and oxygen atoms in total. The van der Waals surface area contributed by atoms with Gasteiger partial charge in [-0.2, -0.15) is 0 Å². The summed E-state index contributed by atoms with van der Waals surface area (Å²) in [5.41, 5.74) is 3.74. The Kier molecular flexibility index (Phi) is 4.53. The fraction of sp³-hybridized carbons (Fsp3) is 0.222. The number of amides is 2. The SMILES string of the molecule is CN1C(=O)[C@@]2(C[C@H]2c2cn(C)c(=O)c3[nH]c(C(=O)Nc4cccc(CO)c4)cc23)c2ccccc21. The number of pyridine rings is 1. The Hall–Kier alpha value is -4.17. The molecule has 1 fully saturated rings. The van der Waals surface area contributed by atoms with Crippen molar-refractivity contribution in [2.24, 2.45) is 7.05 Å². The van der Waals surface area contributed by atoms with Crippen molar-refractivity contribution in [3.8, 4) is 0 Å². The first-order valence-corrected chi connectivity index (χ1v) is 11.5. The maximum Gasteiger partial charge on any atom is 0.274 e. The molecule has 1 saturated carbocycles. The van der Waals surface area contributed by atoms with Gasteiger partial charge in [-0.25, -0.2) is 0 Å². The Morgan fingerprint density at radius 3 is 2.74 bits per heavy atom. The van der Waals surface area contributed by atoms with Crippen LogP contribution in [0.3, 0.4) is 0 Å². The Morgan fingerprint density at radius 2 is 1.94 bits per heavy atom. The topological polar surface area (TPSA) is 107 Å². The third-order valence-corrected chi connectivity index (χ3v) is 7.38. The fourth-order valence-corrected chi connectivity index (χ4v) is 5.55. The number of rotatable bonds is 4. The van der Waals surface area contributed by atoms with Gasteiger partial charge in [0.25, 0.3) is 11.5 Å². The number of aliphatic hydroxyl groups excluding tert-OH is 1. The molecule has 2 aromatic carbocycles. The van der Waals surface area contributed by atoms with Crippen molar-refractivity contribution in [3.63, 3.8) is 0 Å². The number of aliphatic hydroxyl groups is 1. The van der Waals surface area contributed by atoms with E-state index in [9.17, 15) is 19.5 Å². The van der Waals surface area contributed by atoms with Gasteiger partial charge in [-0.05, 0) is 47.4 Å². The number of anilines is 2. The van der Waals surface area contributed by atoms with Gasteiger partial charge >= 0.3 is 0 Å². The van der Waals surface area contributed by atoms with Crippen LogP contribution in [0.25, 0.3) is 10.9 Å². The predicted octanol–water partition coefficient (Wildman–Crippen LogP) is 3.01. The average molecular weight is 469 g/mol. The molecule has 2 amide bonds. The van der Waals surface area contributed by atoms with Crippen LogP contribution < -0.4 is 15.8 Å². The van der Waals surface area contributed by atoms with Crippen LogP contribution in [0.15, 0.2) is 65.6 Å². The van der Waals surface area contributed by atoms with E-state index in [1.54, 1.807) is 55.5 Å². The summed E-state index contributed by atoms with van der Waals surface area (Å²) in [7, 11) is 3.48. The monoisotopic (exact) mass is 468 g/mol. The maximum atomic E-state index is 13.4. The lowest BCUT2D eigenvalue weighted by Crippen LogP contribution is -2.29. The van der Waals surface area contributed by atoms with Crippen molar-refractivity contribution >= 4 is 34.1 Å². The van der Waals surface area contributed by atoms with Crippen molar-refractivity contribution in [1.82, 2.24) is 9.55 Å². The third kappa shape index (κ3) is 2.99. The molecule has 3 N–H and O–H groups in total. The summed E-state index contributed by atoms with van der Waals surface area (Å²) in [5.74, 6) is -0.428. The standard InChI is InChI=1S/C27H24N4O4/c1-30-13-18(20-12-27(20)19-8-3-4-9-22(19)31(2)26(27)35)17-11-21(29-23(17)25(30)34)24(33)28-16-7-5-6-15(10-16)14-32/h3-11,13,20,29,32H,12,14H2,1-2H3,(H,28,33)/t20-,27-/m0/s1. The predicted molar refractivity (Wildman–Crippen MR) is 133 cm³/mol. The fourth-order valence-electron chi connectivity index (χ4n) is 5.55. The summed E-state index contributed by atoms with van der Waals surface area (Å²) in [4.78, 5) is 44.0. The zero-order valence-corrected chi connectivity index (χ0v) is 19.3. The van der Waals surface area contributed by atoms with Gasteiger partial charge in [-0.3, -0.25) is 14.4 Å². The molecular weight excluding hydrogens is 444 g/mol. The summed E-state index contributed by atoms with van der Waals surface area (Å²) < 4.78 is 1.50. The molecule has 3 heterocycles. The molecule has 8 heteroatoms. The number of fused-ring (bicyclic) bond motifs is 3. The Bertz CT molecular complexity index is 1600. The number of aryl methyl sites for hydroxylation is 1. The lowest BCUT2D eigenvalue weighted by molar-refractivity contribution is -0.120. The number of nitrogens with zero attached hydrogens (tertiary/aromatic N) is 2. The van der Waals surface area contributed by atoms with Gasteiger partial charge in [0.15, 0.2) is 0 Å². The minimum absolute atomic E-state index is 0.0583. The second kappa shape index (κ2) is 7.41. The van der Waals surface area contributed by atoms with Crippen LogP contribution >= 0.6 is 0 Å². The van der Waals surface area contributed by atoms with Crippen LogP contribution in [0.2, 0.25) is 0 Å². The van der Waals surface area contributed by atoms with E-state index in [1.165, 1.54) is 4.57 Å². The normalized spacial score (nSPS) is 20.5. The highest BCUT2D eigenvalue weighted by Crippen LogP contribution is 2.66. The number of aromatic amines is 1. The van der Waals surface area contributed by atoms with Crippen molar-refractivity contribution in [2.45, 2.75) is 24.4 Å². The minimum atomic E-state index is -0.639. The molecule has 176 valence electrons. The first-order valence-electron chi connectivity index (χ1n) is 11.5. The van der Waals surface area contributed by atoms with Crippen LogP contribution in [-0.2, 0) is 23.9 Å². The van der Waals surface area contributed by atoms with E-state index in [0.717, 1.165) is 16.8 Å². The first kappa shape index (κ1) is 21.4. The van der Waals surface area contributed by atoms with Crippen LogP contribution in [0, 0.1) is 0 Å². The number of hydrogen-bond acceptors (Lipinski definition) is 4. The van der Waals surface area contributed by atoms with E-state index >= 15 is 0 Å². The molecule has 0 radical (unpaired) electrons. The van der Waals surface area contributed by atoms with Crippen LogP contribution in [0.4, 0.5) is 11.4 Å². The Labute approximate surface area is 200 Å². The molecule has 35 heavy (non-hydrogen) atoms. The molecule has 4 aromatic rings. The highest BCUT2D eigenvalue weighted by molar-refractivity contribution is 6.12. The highest BCUT2D eigenvalue weighted by atomic mass is 16.3. The lowest BCUT2D eigenvalue weighted by atomic mass is 9.91. The Morgan fingerprint density at radius 1 is 1.14 bits per heavy atom. The molecule has 1 aliphatic heterocycles. The average Bonchev–Trinajstić information content (AvgIpc) is 3.39. The van der Waals surface area contributed by atoms with Gasteiger partial charge in [0, 0.05) is 43.0 Å². The number of aromatic nitrogens is 2. The summed E-state index contributed by atoms with van der Waals surface area (Å²) >= 11 is 0. The van der Waals surface area contributed by atoms with E-state index in [1.807, 2.05) is 24.3 Å². The summed E-state index contributed by atoms with van der Waals surface area (Å²) in [6.45, 7) is -0.129. The highest BCUT2D eigenvalue weighted by Gasteiger charge is 2.67. The van der Waals surface area contributed by atoms with Gasteiger partial charge in [0.1, 0.15) is 11.2 Å². The van der Waals surface area contributed by atoms with Gasteiger partial charge in [-0.1, -0.05) is 30.3 Å². The van der Waals surface area contributed by atoms with E-state index in [4.69, 9.17) is 0 Å². The smallest absolute Gasteiger partial charge is 0.274 e. The second-order valence-electron chi connectivity index (χ2n) is 9.39. The van der Waals surface area contributed by atoms with E-state index < -0.39 is 11.3 Å². The molecule has 0 saturated heterocycles. The number of hydrogen-bond donors (Lipinski definition) is 3. The quantitative estimate of drug-likeness (QED) is 0.428. The third-order valence-electron chi connectivity index (χ3n) is 7.38. The number of likely N-dealkylation sites (N-methyl/N-ethyl adjacent to an activating group) is 1. The van der Waals surface area contributed by atoms with Crippen LogP contribution in [0.5, 0.6) is 0 Å². The van der Waals surface area contributed by atoms with Crippen molar-refractivity contribution in [2.75, 3.05) is 17.3 Å². The zero-order chi connectivity index (χ0) is 24.5. The van der Waals surface area contributed by atoms with Crippen LogP contribution in [-0.4, -0.2) is 33.5 Å². The summed E-state index contributed by atoms with van der Waals surface area (Å²) in [6.07, 6.45) is 2.44. The number of benzene rings is 2. The molecule has 2 aromatic heterocycles. The molecule has 2 atom stereocenters. The first-order chi connectivity index (χ1) is 16.8. The molecular formula is C27H24N4O4. The van der Waals surface area contributed by atoms with Gasteiger partial charge in [0.05, 0.1) is 12.0 Å². The second-order valence-corrected chi connectivity index (χ2v) is 9.39. The van der Waals surface area contributed by atoms with Gasteiger partial charge in [0.2, 0.25) is 5.91 Å². The molecule has 0 unspecified atom stereocenters. The molecule has 0 bridgehead atoms. The largest absolute Gasteiger partial charge is 0.392 e. The van der Waals surface area contributed by atoms with Crippen molar-refractivity contribution in [3.05, 3.63) is 93.5 Å². The van der Waals surface area contributed by atoms with Crippen LogP contribution in [0.1, 0.15) is 39.5 Å². The summed E-state index contributed by atoms with van der Waals surface area (Å²) in [6, 6.07) is 16.5. The van der Waals surface area contributed by atoms with Gasteiger partial charge < -0.3 is 24.9 Å². The van der Waals surface area contributed by atoms with E-state index in [-0.39, 0.29) is 29.7 Å². The molecule has 2 aliphatic rings. The minimum Gasteiger partial charge on any atom is -0.392 e. The number of carbonyl (C=O) groups excluding carboxylic acids is 2. The summed E-state index contributed by atoms with van der Waals surface area (Å²) in [5, 5.41) is 12.8. The van der Waals surface area contributed by atoms with Crippen molar-refractivity contribution < 1.29 is 14.7 Å². The number of carbonyl (C=O) groups is 2. The molecule has 1 aliphatic carbocycles. The zero-order valence-electron chi connectivity index (χ0n) is 19.3.